The molecule has 0 saturated carbocycles. The predicted octanol–water partition coefficient (Wildman–Crippen LogP) is 6.16. The van der Waals surface area contributed by atoms with Crippen LogP contribution in [0.4, 0.5) is 0 Å². The Morgan fingerprint density at radius 3 is 2.61 bits per heavy atom. The highest BCUT2D eigenvalue weighted by atomic mass is 35.5. The summed E-state index contributed by atoms with van der Waals surface area (Å²) < 4.78 is 32.3. The van der Waals surface area contributed by atoms with E-state index in [4.69, 9.17) is 33.7 Å². The molecule has 0 radical (unpaired) electrons. The molecule has 1 unspecified atom stereocenters. The first-order valence-electron chi connectivity index (χ1n) is 12.9. The number of aromatic nitrogens is 2. The van der Waals surface area contributed by atoms with Gasteiger partial charge in [-0.1, -0.05) is 84.1 Å². The number of benzene rings is 3. The number of hydrogen-bond acceptors (Lipinski definition) is 7. The molecule has 0 aliphatic carbocycles. The topological polar surface area (TPSA) is 81.5 Å². The molecule has 2 fully saturated rings. The van der Waals surface area contributed by atoms with E-state index < -0.39 is 15.9 Å². The van der Waals surface area contributed by atoms with E-state index in [1.54, 1.807) is 10.8 Å². The van der Waals surface area contributed by atoms with Crippen LogP contribution in [0.15, 0.2) is 90.0 Å². The van der Waals surface area contributed by atoms with Gasteiger partial charge in [0.05, 0.1) is 28.1 Å². The summed E-state index contributed by atoms with van der Waals surface area (Å²) >= 11 is 13.0. The number of thioether (sulfide) groups is 1. The summed E-state index contributed by atoms with van der Waals surface area (Å²) in [6.07, 6.45) is 4.04. The van der Waals surface area contributed by atoms with Gasteiger partial charge in [0.1, 0.15) is 22.4 Å². The first-order valence-corrected chi connectivity index (χ1v) is 16.3. The van der Waals surface area contributed by atoms with E-state index in [2.05, 4.69) is 0 Å². The Morgan fingerprint density at radius 1 is 1.07 bits per heavy atom. The molecule has 41 heavy (non-hydrogen) atoms. The monoisotopic (exact) mass is 621 g/mol. The number of para-hydroxylation sites is 1. The van der Waals surface area contributed by atoms with Crippen molar-refractivity contribution in [2.24, 2.45) is 0 Å². The lowest BCUT2D eigenvalue weighted by Crippen LogP contribution is -2.39. The summed E-state index contributed by atoms with van der Waals surface area (Å²) in [5.41, 5.74) is 3.93. The van der Waals surface area contributed by atoms with Crippen molar-refractivity contribution in [3.05, 3.63) is 106 Å². The fourth-order valence-corrected chi connectivity index (χ4v) is 8.14. The van der Waals surface area contributed by atoms with Crippen LogP contribution in [-0.2, 0) is 21.2 Å². The second-order valence-corrected chi connectivity index (χ2v) is 14.0. The standard InChI is InChI=1S/C30H24ClN3O4S3/c31-26-12-5-4-7-21(26)18-38-25-11-6-8-20(15-25)28-22(17-33(32-28)23-9-2-1-3-10-23)16-27-29(35)34(30(39)40-27)24-13-14-41(36,37)19-24/h1-12,15-17,24H,13-14,18-19H2. The van der Waals surface area contributed by atoms with Crippen molar-refractivity contribution in [1.82, 2.24) is 14.7 Å². The van der Waals surface area contributed by atoms with Crippen LogP contribution >= 0.6 is 35.6 Å². The molecule has 2 aliphatic heterocycles. The zero-order valence-electron chi connectivity index (χ0n) is 21.6. The maximum atomic E-state index is 13.4. The number of ether oxygens (including phenoxy) is 1. The smallest absolute Gasteiger partial charge is 0.266 e. The third-order valence-corrected chi connectivity index (χ3v) is 10.4. The minimum atomic E-state index is -3.17. The van der Waals surface area contributed by atoms with E-state index in [1.807, 2.05) is 85.1 Å². The van der Waals surface area contributed by atoms with Crippen molar-refractivity contribution in [1.29, 1.82) is 0 Å². The van der Waals surface area contributed by atoms with E-state index in [-0.39, 0.29) is 17.4 Å². The minimum Gasteiger partial charge on any atom is -0.489 e. The van der Waals surface area contributed by atoms with Gasteiger partial charge in [0.2, 0.25) is 0 Å². The SMILES string of the molecule is O=C1C(=Cc2cn(-c3ccccc3)nc2-c2cccc(OCc3ccccc3Cl)c2)SC(=S)N1C1CCS(=O)(=O)C1. The molecule has 1 aromatic heterocycles. The van der Waals surface area contributed by atoms with Gasteiger partial charge in [-0.05, 0) is 42.8 Å². The Kier molecular flexibility index (Phi) is 7.74. The van der Waals surface area contributed by atoms with Gasteiger partial charge in [-0.15, -0.1) is 0 Å². The Labute approximate surface area is 252 Å². The number of sulfone groups is 1. The highest BCUT2D eigenvalue weighted by Crippen LogP contribution is 2.38. The zero-order chi connectivity index (χ0) is 28.6. The molecular weight excluding hydrogens is 598 g/mol. The van der Waals surface area contributed by atoms with E-state index in [0.717, 1.165) is 22.4 Å². The maximum absolute atomic E-state index is 13.4. The third-order valence-electron chi connectivity index (χ3n) is 6.91. The Hall–Kier alpha value is -3.44. The average Bonchev–Trinajstić information content (AvgIpc) is 3.63. The molecular formula is C30H24ClN3O4S3. The molecule has 0 N–H and O–H groups in total. The summed E-state index contributed by atoms with van der Waals surface area (Å²) in [4.78, 5) is 15.3. The number of amides is 1. The number of halogens is 1. The second kappa shape index (κ2) is 11.4. The van der Waals surface area contributed by atoms with Crippen LogP contribution in [0.25, 0.3) is 23.0 Å². The Bertz CT molecular complexity index is 1790. The highest BCUT2D eigenvalue weighted by molar-refractivity contribution is 8.26. The quantitative estimate of drug-likeness (QED) is 0.181. The van der Waals surface area contributed by atoms with Gasteiger partial charge in [-0.3, -0.25) is 9.69 Å². The van der Waals surface area contributed by atoms with Gasteiger partial charge in [0.15, 0.2) is 9.84 Å². The van der Waals surface area contributed by atoms with Crippen molar-refractivity contribution in [3.63, 3.8) is 0 Å². The summed E-state index contributed by atoms with van der Waals surface area (Å²) in [5, 5.41) is 5.51. The van der Waals surface area contributed by atoms with Crippen LogP contribution in [-0.4, -0.2) is 50.9 Å². The largest absolute Gasteiger partial charge is 0.489 e. The zero-order valence-corrected chi connectivity index (χ0v) is 24.8. The summed E-state index contributed by atoms with van der Waals surface area (Å²) in [6, 6.07) is 24.4. The third kappa shape index (κ3) is 5.97. The fourth-order valence-electron chi connectivity index (χ4n) is 4.85. The number of rotatable bonds is 7. The van der Waals surface area contributed by atoms with Gasteiger partial charge in [0.25, 0.3) is 5.91 Å². The van der Waals surface area contributed by atoms with Crippen LogP contribution in [0.2, 0.25) is 5.02 Å². The molecule has 3 heterocycles. The van der Waals surface area contributed by atoms with E-state index in [1.165, 1.54) is 16.7 Å². The first kappa shape index (κ1) is 27.7. The molecule has 11 heteroatoms. The number of nitrogens with zero attached hydrogens (tertiary/aromatic N) is 3. The lowest BCUT2D eigenvalue weighted by atomic mass is 10.1. The van der Waals surface area contributed by atoms with Crippen molar-refractivity contribution < 1.29 is 17.9 Å². The molecule has 208 valence electrons. The second-order valence-electron chi connectivity index (χ2n) is 9.73. The number of thiocarbonyl (C=S) groups is 1. The van der Waals surface area contributed by atoms with E-state index in [0.29, 0.717) is 38.7 Å². The van der Waals surface area contributed by atoms with Gasteiger partial charge < -0.3 is 4.74 Å². The van der Waals surface area contributed by atoms with Gasteiger partial charge in [-0.2, -0.15) is 5.10 Å². The Morgan fingerprint density at radius 2 is 1.85 bits per heavy atom. The van der Waals surface area contributed by atoms with Gasteiger partial charge >= 0.3 is 0 Å². The Balaban J connectivity index is 1.34. The number of hydrogen-bond donors (Lipinski definition) is 0. The minimum absolute atomic E-state index is 0.0646. The van der Waals surface area contributed by atoms with Gasteiger partial charge in [-0.25, -0.2) is 13.1 Å². The maximum Gasteiger partial charge on any atom is 0.266 e. The first-order chi connectivity index (χ1) is 19.8. The van der Waals surface area contributed by atoms with Crippen molar-refractivity contribution in [2.75, 3.05) is 11.5 Å². The molecule has 2 aliphatic rings. The summed E-state index contributed by atoms with van der Waals surface area (Å²) in [7, 11) is -3.17. The number of carbonyl (C=O) groups is 1. The summed E-state index contributed by atoms with van der Waals surface area (Å²) in [6.45, 7) is 0.313. The number of carbonyl (C=O) groups excluding carboxylic acids is 1. The summed E-state index contributed by atoms with van der Waals surface area (Å²) in [5.74, 6) is 0.371. The highest BCUT2D eigenvalue weighted by Gasteiger charge is 2.42. The lowest BCUT2D eigenvalue weighted by molar-refractivity contribution is -0.123. The van der Waals surface area contributed by atoms with E-state index in [9.17, 15) is 13.2 Å². The van der Waals surface area contributed by atoms with Crippen LogP contribution in [0.1, 0.15) is 17.5 Å². The molecule has 1 atom stereocenters. The predicted molar refractivity (Wildman–Crippen MR) is 167 cm³/mol. The molecule has 0 bridgehead atoms. The molecule has 2 saturated heterocycles. The van der Waals surface area contributed by atoms with Crippen LogP contribution in [0.5, 0.6) is 5.75 Å². The normalized spacial score (nSPS) is 19.3. The fraction of sp³-hybridized carbons (Fsp3) is 0.167. The molecule has 4 aromatic rings. The van der Waals surface area contributed by atoms with Crippen molar-refractivity contribution in [3.8, 4) is 22.7 Å². The van der Waals surface area contributed by atoms with Crippen LogP contribution < -0.4 is 4.74 Å². The van der Waals surface area contributed by atoms with E-state index >= 15 is 0 Å². The van der Waals surface area contributed by atoms with Crippen LogP contribution in [0, 0.1) is 0 Å². The average molecular weight is 622 g/mol. The molecule has 1 amide bonds. The lowest BCUT2D eigenvalue weighted by Gasteiger charge is -2.20. The molecule has 6 rings (SSSR count). The van der Waals surface area contributed by atoms with Crippen molar-refractivity contribution >= 4 is 61.7 Å². The molecule has 3 aromatic carbocycles. The van der Waals surface area contributed by atoms with Crippen LogP contribution in [0.3, 0.4) is 0 Å². The molecule has 7 nitrogen and oxygen atoms in total. The van der Waals surface area contributed by atoms with Gasteiger partial charge in [0, 0.05) is 27.9 Å². The molecule has 0 spiro atoms. The van der Waals surface area contributed by atoms with Crippen molar-refractivity contribution in [2.45, 2.75) is 19.1 Å².